The van der Waals surface area contributed by atoms with Crippen LogP contribution in [0.25, 0.3) is 5.69 Å². The summed E-state index contributed by atoms with van der Waals surface area (Å²) in [6.45, 7) is 5.88. The van der Waals surface area contributed by atoms with Crippen molar-refractivity contribution < 1.29 is 14.7 Å². The summed E-state index contributed by atoms with van der Waals surface area (Å²) in [7, 11) is 0. The van der Waals surface area contributed by atoms with Crippen LogP contribution in [0.3, 0.4) is 0 Å². The summed E-state index contributed by atoms with van der Waals surface area (Å²) in [5, 5.41) is 16.4. The SMILES string of the molecule is Cc1ccc(C)c(-n2ncc(C(=O)NC3(CC(=O)O)CCC3)c2C)c1. The number of nitrogens with zero attached hydrogens (tertiary/aromatic N) is 2. The number of hydrogen-bond acceptors (Lipinski definition) is 3. The minimum atomic E-state index is -0.886. The van der Waals surface area contributed by atoms with E-state index in [1.165, 1.54) is 0 Å². The first-order valence-corrected chi connectivity index (χ1v) is 8.48. The third-order valence-electron chi connectivity index (χ3n) is 5.03. The van der Waals surface area contributed by atoms with Gasteiger partial charge in [-0.1, -0.05) is 12.1 Å². The summed E-state index contributed by atoms with van der Waals surface area (Å²) >= 11 is 0. The molecule has 2 N–H and O–H groups in total. The molecular formula is C19H23N3O3. The van der Waals surface area contributed by atoms with Crippen molar-refractivity contribution in [2.75, 3.05) is 0 Å². The van der Waals surface area contributed by atoms with Crippen molar-refractivity contribution in [3.8, 4) is 5.69 Å². The monoisotopic (exact) mass is 341 g/mol. The maximum atomic E-state index is 12.7. The second kappa shape index (κ2) is 6.35. The second-order valence-corrected chi connectivity index (χ2v) is 7.00. The molecule has 1 aromatic heterocycles. The van der Waals surface area contributed by atoms with Crippen molar-refractivity contribution in [1.29, 1.82) is 0 Å². The number of amides is 1. The molecule has 1 aromatic carbocycles. The van der Waals surface area contributed by atoms with Crippen molar-refractivity contribution >= 4 is 11.9 Å². The van der Waals surface area contributed by atoms with E-state index in [1.807, 2.05) is 39.0 Å². The Morgan fingerprint density at radius 2 is 2.00 bits per heavy atom. The lowest BCUT2D eigenvalue weighted by molar-refractivity contribution is -0.139. The van der Waals surface area contributed by atoms with Crippen LogP contribution in [0.1, 0.15) is 52.9 Å². The normalized spacial score (nSPS) is 15.5. The van der Waals surface area contributed by atoms with Crippen molar-refractivity contribution in [3.63, 3.8) is 0 Å². The number of carboxylic acids is 1. The van der Waals surface area contributed by atoms with Crippen LogP contribution in [-0.4, -0.2) is 32.3 Å². The number of carbonyl (C=O) groups is 2. The third kappa shape index (κ3) is 3.29. The average molecular weight is 341 g/mol. The Morgan fingerprint density at radius 1 is 1.28 bits per heavy atom. The van der Waals surface area contributed by atoms with Gasteiger partial charge in [-0.15, -0.1) is 0 Å². The molecule has 1 aliphatic rings. The average Bonchev–Trinajstić information content (AvgIpc) is 2.88. The molecule has 1 saturated carbocycles. The number of carbonyl (C=O) groups excluding carboxylic acids is 1. The molecule has 6 heteroatoms. The van der Waals surface area contributed by atoms with E-state index in [2.05, 4.69) is 10.4 Å². The fourth-order valence-electron chi connectivity index (χ4n) is 3.37. The predicted molar refractivity (Wildman–Crippen MR) is 94.1 cm³/mol. The summed E-state index contributed by atoms with van der Waals surface area (Å²) in [5.41, 5.74) is 3.76. The first-order chi connectivity index (χ1) is 11.8. The molecule has 0 radical (unpaired) electrons. The van der Waals surface area contributed by atoms with Gasteiger partial charge in [0, 0.05) is 0 Å². The molecule has 0 saturated heterocycles. The van der Waals surface area contributed by atoms with Crippen LogP contribution in [0, 0.1) is 20.8 Å². The topological polar surface area (TPSA) is 84.2 Å². The summed E-state index contributed by atoms with van der Waals surface area (Å²) in [4.78, 5) is 23.8. The van der Waals surface area contributed by atoms with Crippen molar-refractivity contribution in [2.45, 2.75) is 52.0 Å². The molecule has 1 heterocycles. The molecule has 6 nitrogen and oxygen atoms in total. The van der Waals surface area contributed by atoms with Gasteiger partial charge in [0.05, 0.1) is 35.1 Å². The van der Waals surface area contributed by atoms with E-state index in [0.717, 1.165) is 28.9 Å². The number of nitrogens with one attached hydrogen (secondary N) is 1. The molecular weight excluding hydrogens is 318 g/mol. The number of aliphatic carboxylic acids is 1. The summed E-state index contributed by atoms with van der Waals surface area (Å²) in [6.07, 6.45) is 3.86. The first kappa shape index (κ1) is 17.2. The Morgan fingerprint density at radius 3 is 2.60 bits per heavy atom. The van der Waals surface area contributed by atoms with Crippen LogP contribution in [0.2, 0.25) is 0 Å². The molecule has 132 valence electrons. The maximum Gasteiger partial charge on any atom is 0.305 e. The second-order valence-electron chi connectivity index (χ2n) is 7.00. The lowest BCUT2D eigenvalue weighted by Gasteiger charge is -2.41. The Kier molecular flexibility index (Phi) is 4.37. The maximum absolute atomic E-state index is 12.7. The summed E-state index contributed by atoms with van der Waals surface area (Å²) in [6, 6.07) is 6.11. The van der Waals surface area contributed by atoms with E-state index in [1.54, 1.807) is 10.9 Å². The van der Waals surface area contributed by atoms with Gasteiger partial charge in [0.15, 0.2) is 0 Å². The van der Waals surface area contributed by atoms with Gasteiger partial charge >= 0.3 is 5.97 Å². The number of benzene rings is 1. The van der Waals surface area contributed by atoms with E-state index in [9.17, 15) is 9.59 Å². The van der Waals surface area contributed by atoms with E-state index >= 15 is 0 Å². The van der Waals surface area contributed by atoms with Gasteiger partial charge in [0.2, 0.25) is 0 Å². The lowest BCUT2D eigenvalue weighted by atomic mass is 9.74. The Balaban J connectivity index is 1.87. The minimum Gasteiger partial charge on any atom is -0.481 e. The molecule has 1 amide bonds. The zero-order valence-electron chi connectivity index (χ0n) is 14.8. The van der Waals surface area contributed by atoms with Gasteiger partial charge in [-0.25, -0.2) is 4.68 Å². The molecule has 0 bridgehead atoms. The number of aromatic nitrogens is 2. The quantitative estimate of drug-likeness (QED) is 0.876. The van der Waals surface area contributed by atoms with Crippen molar-refractivity contribution in [3.05, 3.63) is 46.8 Å². The highest BCUT2D eigenvalue weighted by Crippen LogP contribution is 2.35. The zero-order chi connectivity index (χ0) is 18.2. The Hall–Kier alpha value is -2.63. The van der Waals surface area contributed by atoms with Crippen LogP contribution >= 0.6 is 0 Å². The molecule has 1 fully saturated rings. The fraction of sp³-hybridized carbons (Fsp3) is 0.421. The van der Waals surface area contributed by atoms with Gasteiger partial charge in [-0.05, 0) is 57.2 Å². The lowest BCUT2D eigenvalue weighted by Crippen LogP contribution is -2.54. The highest BCUT2D eigenvalue weighted by atomic mass is 16.4. The molecule has 0 unspecified atom stereocenters. The van der Waals surface area contributed by atoms with Gasteiger partial charge in [-0.2, -0.15) is 5.10 Å². The van der Waals surface area contributed by atoms with E-state index in [4.69, 9.17) is 5.11 Å². The van der Waals surface area contributed by atoms with E-state index in [0.29, 0.717) is 18.4 Å². The van der Waals surface area contributed by atoms with Crippen LogP contribution in [-0.2, 0) is 4.79 Å². The van der Waals surface area contributed by atoms with E-state index in [-0.39, 0.29) is 12.3 Å². The highest BCUT2D eigenvalue weighted by Gasteiger charge is 2.40. The van der Waals surface area contributed by atoms with Crippen LogP contribution in [0.5, 0.6) is 0 Å². The van der Waals surface area contributed by atoms with Crippen molar-refractivity contribution in [1.82, 2.24) is 15.1 Å². The van der Waals surface area contributed by atoms with Crippen LogP contribution < -0.4 is 5.32 Å². The molecule has 25 heavy (non-hydrogen) atoms. The molecule has 1 aliphatic carbocycles. The predicted octanol–water partition coefficient (Wildman–Crippen LogP) is 2.92. The summed E-state index contributed by atoms with van der Waals surface area (Å²) < 4.78 is 1.77. The molecule has 3 rings (SSSR count). The highest BCUT2D eigenvalue weighted by molar-refractivity contribution is 5.96. The first-order valence-electron chi connectivity index (χ1n) is 8.48. The molecule has 0 aliphatic heterocycles. The standard InChI is InChI=1S/C19H23N3O3/c1-12-5-6-13(2)16(9-12)22-14(3)15(11-20-22)18(25)21-19(7-4-8-19)10-17(23)24/h5-6,9,11H,4,7-8,10H2,1-3H3,(H,21,25)(H,23,24). The smallest absolute Gasteiger partial charge is 0.305 e. The van der Waals surface area contributed by atoms with Crippen LogP contribution in [0.4, 0.5) is 0 Å². The van der Waals surface area contributed by atoms with Gasteiger partial charge in [0.1, 0.15) is 0 Å². The Bertz CT molecular complexity index is 834. The summed E-state index contributed by atoms with van der Waals surface area (Å²) in [5.74, 6) is -1.14. The van der Waals surface area contributed by atoms with Crippen LogP contribution in [0.15, 0.2) is 24.4 Å². The molecule has 0 atom stereocenters. The molecule has 2 aromatic rings. The van der Waals surface area contributed by atoms with E-state index < -0.39 is 11.5 Å². The third-order valence-corrected chi connectivity index (χ3v) is 5.03. The number of aryl methyl sites for hydroxylation is 2. The molecule has 0 spiro atoms. The fourth-order valence-corrected chi connectivity index (χ4v) is 3.37. The number of hydrogen-bond donors (Lipinski definition) is 2. The van der Waals surface area contributed by atoms with Gasteiger partial charge in [0.25, 0.3) is 5.91 Å². The number of carboxylic acid groups (broad SMARTS) is 1. The number of rotatable bonds is 5. The Labute approximate surface area is 146 Å². The minimum absolute atomic E-state index is 0.0388. The van der Waals surface area contributed by atoms with Gasteiger partial charge < -0.3 is 10.4 Å². The zero-order valence-corrected chi connectivity index (χ0v) is 14.8. The largest absolute Gasteiger partial charge is 0.481 e. The van der Waals surface area contributed by atoms with Crippen molar-refractivity contribution in [2.24, 2.45) is 0 Å². The van der Waals surface area contributed by atoms with Gasteiger partial charge in [-0.3, -0.25) is 9.59 Å².